The fraction of sp³-hybridized carbons (Fsp3) is 0. The number of H-pyrrole nitrogens is 1. The zero-order valence-corrected chi connectivity index (χ0v) is 9.43. The molecule has 0 aliphatic heterocycles. The first-order valence-electron chi connectivity index (χ1n) is 5.73. The van der Waals surface area contributed by atoms with Crippen molar-refractivity contribution < 1.29 is 0 Å². The molecule has 0 atom stereocenters. The summed E-state index contributed by atoms with van der Waals surface area (Å²) in [6, 6.07) is 20.8. The molecular weight excluding hydrogens is 206 g/mol. The lowest BCUT2D eigenvalue weighted by atomic mass is 10.2. The molecule has 2 aromatic carbocycles. The van der Waals surface area contributed by atoms with Crippen LogP contribution in [0.1, 0.15) is 11.3 Å². The van der Waals surface area contributed by atoms with Crippen molar-refractivity contribution >= 4 is 23.1 Å². The van der Waals surface area contributed by atoms with E-state index in [1.54, 1.807) is 0 Å². The molecule has 0 radical (unpaired) electrons. The van der Waals surface area contributed by atoms with E-state index >= 15 is 0 Å². The second kappa shape index (κ2) is 4.30. The molecule has 1 nitrogen and oxygen atoms in total. The number of aromatic nitrogens is 1. The molecule has 0 bridgehead atoms. The van der Waals surface area contributed by atoms with Gasteiger partial charge in [-0.25, -0.2) is 0 Å². The Morgan fingerprint density at radius 1 is 0.765 bits per heavy atom. The van der Waals surface area contributed by atoms with Crippen molar-refractivity contribution in [2.75, 3.05) is 0 Å². The van der Waals surface area contributed by atoms with Crippen LogP contribution < -0.4 is 0 Å². The third-order valence-electron chi connectivity index (χ3n) is 2.81. The van der Waals surface area contributed by atoms with Gasteiger partial charge in [-0.2, -0.15) is 0 Å². The van der Waals surface area contributed by atoms with E-state index in [1.807, 2.05) is 24.3 Å². The van der Waals surface area contributed by atoms with Crippen molar-refractivity contribution in [2.45, 2.75) is 0 Å². The minimum absolute atomic E-state index is 1.13. The summed E-state index contributed by atoms with van der Waals surface area (Å²) in [6.07, 6.45) is 4.22. The lowest BCUT2D eigenvalue weighted by Crippen LogP contribution is -1.71. The van der Waals surface area contributed by atoms with Gasteiger partial charge in [-0.15, -0.1) is 0 Å². The molecule has 0 spiro atoms. The molecule has 0 saturated heterocycles. The largest absolute Gasteiger partial charge is 0.355 e. The van der Waals surface area contributed by atoms with Crippen LogP contribution in [-0.2, 0) is 0 Å². The van der Waals surface area contributed by atoms with Crippen LogP contribution in [0.4, 0.5) is 0 Å². The summed E-state index contributed by atoms with van der Waals surface area (Å²) in [5.41, 5.74) is 3.53. The van der Waals surface area contributed by atoms with Crippen LogP contribution in [0.5, 0.6) is 0 Å². The second-order valence-corrected chi connectivity index (χ2v) is 4.06. The number of nitrogens with one attached hydrogen (secondary N) is 1. The van der Waals surface area contributed by atoms with Gasteiger partial charge < -0.3 is 4.98 Å². The molecule has 0 aliphatic rings. The number of rotatable bonds is 2. The summed E-state index contributed by atoms with van der Waals surface area (Å²) in [5.74, 6) is 0. The van der Waals surface area contributed by atoms with Gasteiger partial charge in [0.05, 0.1) is 0 Å². The number of aromatic amines is 1. The fourth-order valence-electron chi connectivity index (χ4n) is 1.94. The van der Waals surface area contributed by atoms with Crippen molar-refractivity contribution in [3.05, 3.63) is 71.9 Å². The lowest BCUT2D eigenvalue weighted by Gasteiger charge is -1.90. The maximum Gasteiger partial charge on any atom is 0.0458 e. The highest BCUT2D eigenvalue weighted by Gasteiger charge is 1.95. The van der Waals surface area contributed by atoms with Crippen LogP contribution >= 0.6 is 0 Å². The summed E-state index contributed by atoms with van der Waals surface area (Å²) < 4.78 is 0. The van der Waals surface area contributed by atoms with Gasteiger partial charge in [0.2, 0.25) is 0 Å². The van der Waals surface area contributed by atoms with Gasteiger partial charge >= 0.3 is 0 Å². The van der Waals surface area contributed by atoms with E-state index in [0.717, 1.165) is 5.69 Å². The van der Waals surface area contributed by atoms with E-state index in [0.29, 0.717) is 0 Å². The Kier molecular flexibility index (Phi) is 2.51. The number of para-hydroxylation sites is 1. The van der Waals surface area contributed by atoms with Crippen LogP contribution in [0.2, 0.25) is 0 Å². The van der Waals surface area contributed by atoms with Crippen LogP contribution in [-0.4, -0.2) is 4.98 Å². The van der Waals surface area contributed by atoms with Crippen molar-refractivity contribution in [1.29, 1.82) is 0 Å². The predicted octanol–water partition coefficient (Wildman–Crippen LogP) is 4.34. The van der Waals surface area contributed by atoms with Crippen LogP contribution in [0.3, 0.4) is 0 Å². The molecule has 82 valence electrons. The van der Waals surface area contributed by atoms with Crippen molar-refractivity contribution in [3.63, 3.8) is 0 Å². The lowest BCUT2D eigenvalue weighted by molar-refractivity contribution is 1.43. The molecule has 1 heteroatoms. The first-order chi connectivity index (χ1) is 8.42. The topological polar surface area (TPSA) is 15.8 Å². The second-order valence-electron chi connectivity index (χ2n) is 4.06. The van der Waals surface area contributed by atoms with E-state index < -0.39 is 0 Å². The molecule has 0 fully saturated rings. The zero-order chi connectivity index (χ0) is 11.5. The Hall–Kier alpha value is -2.28. The van der Waals surface area contributed by atoms with Gasteiger partial charge in [-0.1, -0.05) is 54.6 Å². The number of hydrogen-bond donors (Lipinski definition) is 1. The highest BCUT2D eigenvalue weighted by molar-refractivity contribution is 5.84. The SMILES string of the molecule is C(=Cc1cc2ccccc2[nH]1)c1ccccc1. The molecule has 0 aliphatic carbocycles. The standard InChI is InChI=1S/C16H13N/c1-2-6-13(7-3-1)10-11-15-12-14-8-4-5-9-16(14)17-15/h1-12,17H. The third kappa shape index (κ3) is 2.13. The zero-order valence-electron chi connectivity index (χ0n) is 9.43. The Labute approximate surface area is 100 Å². The minimum Gasteiger partial charge on any atom is -0.355 e. The first kappa shape index (κ1) is 9.91. The number of hydrogen-bond acceptors (Lipinski definition) is 0. The molecular formula is C16H13N. The summed E-state index contributed by atoms with van der Waals surface area (Å²) >= 11 is 0. The summed E-state index contributed by atoms with van der Waals surface area (Å²) in [5, 5.41) is 1.25. The van der Waals surface area contributed by atoms with Gasteiger partial charge in [0.15, 0.2) is 0 Å². The van der Waals surface area contributed by atoms with Gasteiger partial charge in [-0.05, 0) is 29.2 Å². The average molecular weight is 219 g/mol. The normalized spacial score (nSPS) is 11.3. The van der Waals surface area contributed by atoms with Gasteiger partial charge in [0, 0.05) is 11.2 Å². The van der Waals surface area contributed by atoms with E-state index in [9.17, 15) is 0 Å². The van der Waals surface area contributed by atoms with Crippen molar-refractivity contribution in [3.8, 4) is 0 Å². The van der Waals surface area contributed by atoms with Crippen LogP contribution in [0.15, 0.2) is 60.7 Å². The maximum atomic E-state index is 3.38. The fourth-order valence-corrected chi connectivity index (χ4v) is 1.94. The smallest absolute Gasteiger partial charge is 0.0458 e. The molecule has 1 aromatic heterocycles. The molecule has 17 heavy (non-hydrogen) atoms. The third-order valence-corrected chi connectivity index (χ3v) is 2.81. The monoisotopic (exact) mass is 219 g/mol. The van der Waals surface area contributed by atoms with Gasteiger partial charge in [0.1, 0.15) is 0 Å². The Balaban J connectivity index is 1.92. The Morgan fingerprint density at radius 3 is 2.35 bits per heavy atom. The van der Waals surface area contributed by atoms with Gasteiger partial charge in [-0.3, -0.25) is 0 Å². The summed E-state index contributed by atoms with van der Waals surface area (Å²) in [7, 11) is 0. The Bertz CT molecular complexity index is 614. The first-order valence-corrected chi connectivity index (χ1v) is 5.73. The van der Waals surface area contributed by atoms with E-state index in [2.05, 4.69) is 53.5 Å². The van der Waals surface area contributed by atoms with Crippen molar-refractivity contribution in [1.82, 2.24) is 4.98 Å². The highest BCUT2D eigenvalue weighted by atomic mass is 14.7. The summed E-state index contributed by atoms with van der Waals surface area (Å²) in [6.45, 7) is 0. The highest BCUT2D eigenvalue weighted by Crippen LogP contribution is 2.16. The molecule has 1 N–H and O–H groups in total. The van der Waals surface area contributed by atoms with Crippen LogP contribution in [0.25, 0.3) is 23.1 Å². The molecule has 0 saturated carbocycles. The van der Waals surface area contributed by atoms with Crippen molar-refractivity contribution in [2.24, 2.45) is 0 Å². The van der Waals surface area contributed by atoms with Gasteiger partial charge in [0.25, 0.3) is 0 Å². The van der Waals surface area contributed by atoms with E-state index in [1.165, 1.54) is 16.5 Å². The quantitative estimate of drug-likeness (QED) is 0.660. The molecule has 1 heterocycles. The Morgan fingerprint density at radius 2 is 1.53 bits per heavy atom. The minimum atomic E-state index is 1.13. The molecule has 3 aromatic rings. The van der Waals surface area contributed by atoms with E-state index in [4.69, 9.17) is 0 Å². The molecule has 0 amide bonds. The van der Waals surface area contributed by atoms with E-state index in [-0.39, 0.29) is 0 Å². The predicted molar refractivity (Wildman–Crippen MR) is 73.7 cm³/mol. The number of benzene rings is 2. The van der Waals surface area contributed by atoms with Crippen LogP contribution in [0, 0.1) is 0 Å². The molecule has 0 unspecified atom stereocenters. The maximum absolute atomic E-state index is 3.38. The number of fused-ring (bicyclic) bond motifs is 1. The average Bonchev–Trinajstić information content (AvgIpc) is 2.80. The summed E-state index contributed by atoms with van der Waals surface area (Å²) in [4.78, 5) is 3.38. The molecule has 3 rings (SSSR count).